The molecule has 41 heavy (non-hydrogen) atoms. The molecule has 1 fully saturated rings. The molecule has 5 heteroatoms. The Labute approximate surface area is 247 Å². The van der Waals surface area contributed by atoms with E-state index in [0.29, 0.717) is 6.42 Å². The highest BCUT2D eigenvalue weighted by atomic mass is 16.7. The zero-order valence-electron chi connectivity index (χ0n) is 25.6. The van der Waals surface area contributed by atoms with E-state index in [4.69, 9.17) is 9.47 Å². The van der Waals surface area contributed by atoms with Gasteiger partial charge in [-0.25, -0.2) is 0 Å². The summed E-state index contributed by atoms with van der Waals surface area (Å²) in [4.78, 5) is 36.0. The molecule has 0 amide bonds. The largest absolute Gasteiger partial charge is 0.422 e. The summed E-state index contributed by atoms with van der Waals surface area (Å²) in [5, 5.41) is 0. The third-order valence-corrected chi connectivity index (χ3v) is 8.04. The van der Waals surface area contributed by atoms with Crippen LogP contribution < -0.4 is 0 Å². The Hall–Kier alpha value is -2.95. The third-order valence-electron chi connectivity index (χ3n) is 8.04. The minimum absolute atomic E-state index is 0.297. The molecule has 0 aromatic heterocycles. The molecule has 2 aromatic rings. The SMILES string of the molecule is CCCCCCCCc1ccc(C=O)c(CCCCCCCCc2ccc(CC3C(=O)OC(C)(C)OC3=O)cc2)c1. The average Bonchev–Trinajstić information content (AvgIpc) is 2.94. The van der Waals surface area contributed by atoms with Crippen LogP contribution in [0.25, 0.3) is 0 Å². The van der Waals surface area contributed by atoms with E-state index in [2.05, 4.69) is 31.2 Å². The molecule has 1 aliphatic rings. The number of carbonyl (C=O) groups is 3. The number of ether oxygens (including phenoxy) is 2. The lowest BCUT2D eigenvalue weighted by molar-refractivity contribution is -0.239. The molecule has 0 N–H and O–H groups in total. The molecule has 1 saturated heterocycles. The number of rotatable bonds is 19. The van der Waals surface area contributed by atoms with Crippen molar-refractivity contribution in [2.75, 3.05) is 0 Å². The molecule has 0 unspecified atom stereocenters. The maximum absolute atomic E-state index is 12.2. The number of aryl methyl sites for hydroxylation is 3. The summed E-state index contributed by atoms with van der Waals surface area (Å²) in [5.41, 5.74) is 5.64. The van der Waals surface area contributed by atoms with Crippen molar-refractivity contribution >= 4 is 18.2 Å². The molecule has 224 valence electrons. The minimum atomic E-state index is -1.19. The van der Waals surface area contributed by atoms with Crippen molar-refractivity contribution in [3.05, 3.63) is 70.3 Å². The van der Waals surface area contributed by atoms with Crippen molar-refractivity contribution in [2.45, 2.75) is 129 Å². The van der Waals surface area contributed by atoms with Crippen LogP contribution in [0.3, 0.4) is 0 Å². The summed E-state index contributed by atoms with van der Waals surface area (Å²) in [6, 6.07) is 14.6. The van der Waals surface area contributed by atoms with Crippen molar-refractivity contribution in [1.29, 1.82) is 0 Å². The summed E-state index contributed by atoms with van der Waals surface area (Å²) in [5.74, 6) is -3.12. The van der Waals surface area contributed by atoms with Gasteiger partial charge < -0.3 is 9.47 Å². The lowest BCUT2D eigenvalue weighted by Crippen LogP contribution is -2.46. The molecule has 2 aromatic carbocycles. The molecular formula is C36H50O5. The van der Waals surface area contributed by atoms with Crippen LogP contribution in [0, 0.1) is 5.92 Å². The van der Waals surface area contributed by atoms with E-state index in [-0.39, 0.29) is 0 Å². The Balaban J connectivity index is 1.29. The standard InChI is InChI=1S/C36H50O5/c1-4-5-6-7-10-14-17-29-23-24-32(27-37)31(25-29)18-15-12-9-8-11-13-16-28-19-21-30(22-20-28)26-33-34(38)40-36(2,3)41-35(33)39/h19-25,27,33H,4-18,26H2,1-3H3. The first-order chi connectivity index (χ1) is 19.8. The van der Waals surface area contributed by atoms with Gasteiger partial charge in [0.2, 0.25) is 0 Å². The summed E-state index contributed by atoms with van der Waals surface area (Å²) >= 11 is 0. The Morgan fingerprint density at radius 2 is 1.15 bits per heavy atom. The summed E-state index contributed by atoms with van der Waals surface area (Å²) in [7, 11) is 0. The van der Waals surface area contributed by atoms with Crippen LogP contribution in [0.15, 0.2) is 42.5 Å². The first-order valence-electron chi connectivity index (χ1n) is 15.9. The van der Waals surface area contributed by atoms with Crippen molar-refractivity contribution in [1.82, 2.24) is 0 Å². The summed E-state index contributed by atoms with van der Waals surface area (Å²) in [6.07, 6.45) is 19.4. The quantitative estimate of drug-likeness (QED) is 0.0743. The molecule has 1 aliphatic heterocycles. The third kappa shape index (κ3) is 11.4. The Morgan fingerprint density at radius 1 is 0.659 bits per heavy atom. The maximum Gasteiger partial charge on any atom is 0.323 e. The van der Waals surface area contributed by atoms with Crippen LogP contribution in [-0.2, 0) is 44.7 Å². The van der Waals surface area contributed by atoms with E-state index in [9.17, 15) is 14.4 Å². The molecule has 5 nitrogen and oxygen atoms in total. The summed E-state index contributed by atoms with van der Waals surface area (Å²) < 4.78 is 10.4. The molecular weight excluding hydrogens is 512 g/mol. The molecule has 1 heterocycles. The second-order valence-electron chi connectivity index (χ2n) is 12.1. The molecule has 0 spiro atoms. The molecule has 0 aliphatic carbocycles. The summed E-state index contributed by atoms with van der Waals surface area (Å²) in [6.45, 7) is 5.38. The number of hydrogen-bond donors (Lipinski definition) is 0. The molecule has 3 rings (SSSR count). The zero-order chi connectivity index (χ0) is 29.5. The first kappa shape index (κ1) is 32.6. The lowest BCUT2D eigenvalue weighted by Gasteiger charge is -2.32. The van der Waals surface area contributed by atoms with Crippen molar-refractivity contribution in [3.63, 3.8) is 0 Å². The van der Waals surface area contributed by atoms with Crippen molar-refractivity contribution in [3.8, 4) is 0 Å². The van der Waals surface area contributed by atoms with Crippen LogP contribution >= 0.6 is 0 Å². The van der Waals surface area contributed by atoms with Crippen molar-refractivity contribution in [2.24, 2.45) is 5.92 Å². The molecule has 0 bridgehead atoms. The zero-order valence-corrected chi connectivity index (χ0v) is 25.6. The fourth-order valence-electron chi connectivity index (χ4n) is 5.60. The maximum atomic E-state index is 12.2. The van der Waals surface area contributed by atoms with Gasteiger partial charge in [0, 0.05) is 19.4 Å². The Kier molecular flexibility index (Phi) is 13.6. The Morgan fingerprint density at radius 3 is 1.73 bits per heavy atom. The normalized spacial score (nSPS) is 15.0. The van der Waals surface area contributed by atoms with E-state index in [1.54, 1.807) is 13.8 Å². The monoisotopic (exact) mass is 562 g/mol. The lowest BCUT2D eigenvalue weighted by atomic mass is 9.96. The van der Waals surface area contributed by atoms with Crippen LogP contribution in [0.4, 0.5) is 0 Å². The van der Waals surface area contributed by atoms with E-state index < -0.39 is 23.6 Å². The smallest absolute Gasteiger partial charge is 0.323 e. The number of unbranched alkanes of at least 4 members (excludes halogenated alkanes) is 10. The van der Waals surface area contributed by atoms with E-state index in [1.807, 2.05) is 18.2 Å². The second-order valence-corrected chi connectivity index (χ2v) is 12.1. The van der Waals surface area contributed by atoms with E-state index in [1.165, 1.54) is 80.9 Å². The van der Waals surface area contributed by atoms with Gasteiger partial charge in [-0.3, -0.25) is 14.4 Å². The number of hydrogen-bond acceptors (Lipinski definition) is 5. The number of aldehydes is 1. The van der Waals surface area contributed by atoms with Crippen molar-refractivity contribution < 1.29 is 23.9 Å². The highest BCUT2D eigenvalue weighted by Gasteiger charge is 2.43. The Bertz CT molecular complexity index is 1080. The highest BCUT2D eigenvalue weighted by Crippen LogP contribution is 2.26. The van der Waals surface area contributed by atoms with E-state index >= 15 is 0 Å². The van der Waals surface area contributed by atoms with Gasteiger partial charge in [0.1, 0.15) is 6.29 Å². The average molecular weight is 563 g/mol. The predicted octanol–water partition coefficient (Wildman–Crippen LogP) is 8.52. The van der Waals surface area contributed by atoms with Gasteiger partial charge in [-0.2, -0.15) is 0 Å². The van der Waals surface area contributed by atoms with Crippen LogP contribution in [0.1, 0.15) is 130 Å². The van der Waals surface area contributed by atoms with Crippen LogP contribution in [0.5, 0.6) is 0 Å². The number of benzene rings is 2. The number of cyclic esters (lactones) is 2. The second kappa shape index (κ2) is 17.1. The van der Waals surface area contributed by atoms with Gasteiger partial charge in [0.15, 0.2) is 5.92 Å². The van der Waals surface area contributed by atoms with Crippen LogP contribution in [0.2, 0.25) is 0 Å². The predicted molar refractivity (Wildman–Crippen MR) is 164 cm³/mol. The topological polar surface area (TPSA) is 69.7 Å². The first-order valence-corrected chi connectivity index (χ1v) is 15.9. The van der Waals surface area contributed by atoms with E-state index in [0.717, 1.165) is 49.5 Å². The highest BCUT2D eigenvalue weighted by molar-refractivity contribution is 5.96. The molecule has 0 atom stereocenters. The minimum Gasteiger partial charge on any atom is -0.422 e. The number of carbonyl (C=O) groups excluding carboxylic acids is 3. The van der Waals surface area contributed by atoms with Gasteiger partial charge in [-0.1, -0.05) is 107 Å². The van der Waals surface area contributed by atoms with Gasteiger partial charge in [0.25, 0.3) is 5.79 Å². The van der Waals surface area contributed by atoms with Gasteiger partial charge in [-0.15, -0.1) is 0 Å². The van der Waals surface area contributed by atoms with Gasteiger partial charge in [-0.05, 0) is 67.2 Å². The fourth-order valence-corrected chi connectivity index (χ4v) is 5.60. The number of esters is 2. The fraction of sp³-hybridized carbons (Fsp3) is 0.583. The molecule has 0 saturated carbocycles. The molecule has 0 radical (unpaired) electrons. The van der Waals surface area contributed by atoms with Crippen LogP contribution in [-0.4, -0.2) is 24.0 Å². The van der Waals surface area contributed by atoms with Gasteiger partial charge >= 0.3 is 11.9 Å². The van der Waals surface area contributed by atoms with Gasteiger partial charge in [0.05, 0.1) is 0 Å².